The van der Waals surface area contributed by atoms with Crippen molar-refractivity contribution in [3.05, 3.63) is 157 Å². The predicted octanol–water partition coefficient (Wildman–Crippen LogP) is 11.8. The van der Waals surface area contributed by atoms with Crippen molar-refractivity contribution < 1.29 is 32.7 Å². The van der Waals surface area contributed by atoms with Crippen LogP contribution >= 0.6 is 0 Å². The fourth-order valence-corrected chi connectivity index (χ4v) is 17.8. The van der Waals surface area contributed by atoms with Gasteiger partial charge >= 0.3 is 0 Å². The van der Waals surface area contributed by atoms with Gasteiger partial charge in [0.15, 0.2) is 0 Å². The summed E-state index contributed by atoms with van der Waals surface area (Å²) in [6.45, 7) is 4.33. The summed E-state index contributed by atoms with van der Waals surface area (Å²) in [4.78, 5) is 8.87. The third-order valence-electron chi connectivity index (χ3n) is 10.6. The maximum atomic E-state index is 8.60. The number of nitrogens with zero attached hydrogens (tertiary/aromatic N) is 2. The van der Waals surface area contributed by atoms with Crippen LogP contribution in [0.3, 0.4) is 0 Å². The number of aromatic nitrogens is 2. The maximum absolute atomic E-state index is 8.60. The zero-order valence-electron chi connectivity index (χ0n) is 36.8. The molecule has 1 radical (unpaired) electrons. The molecule has 0 spiro atoms. The Morgan fingerprint density at radius 1 is 0.611 bits per heavy atom. The molecule has 9 rings (SSSR count). The van der Waals surface area contributed by atoms with Crippen LogP contribution in [-0.2, 0) is 20.1 Å². The number of aryl methyl sites for hydroxylation is 2. The Labute approximate surface area is 343 Å². The van der Waals surface area contributed by atoms with Gasteiger partial charge in [0.25, 0.3) is 0 Å². The molecule has 8 aromatic rings. The molecule has 271 valence electrons. The Bertz CT molecular complexity index is 2770. The number of para-hydroxylation sites is 1. The largest absolute Gasteiger partial charge is 0.500 e. The Morgan fingerprint density at radius 3 is 2.06 bits per heavy atom. The standard InChI is InChI=1S/C37H36NOSi2.C11H8N.Ir/c1-24-20-34-35(41(5,6)19-18-40(34,3)4)22-32(24)31-21-33(38-23-25(31)2)30-17-11-16-29-28-15-10-14-27(36(28)39-37(29)30)26-12-8-7-9-13-26;1-2-6-10(7-3-1)11-8-4-5-9-12-11;/h7-16,20-23H,18-19H2,1-6H3;1-6,8-9H;/q2*-1;/i1D3,2D3;;. The van der Waals surface area contributed by atoms with Crippen molar-refractivity contribution in [3.8, 4) is 44.8 Å². The van der Waals surface area contributed by atoms with E-state index in [0.717, 1.165) is 50.8 Å². The van der Waals surface area contributed by atoms with Crippen molar-refractivity contribution in [1.82, 2.24) is 9.97 Å². The molecule has 3 nitrogen and oxygen atoms in total. The van der Waals surface area contributed by atoms with Crippen LogP contribution in [0.15, 0.2) is 138 Å². The summed E-state index contributed by atoms with van der Waals surface area (Å²) >= 11 is 0. The summed E-state index contributed by atoms with van der Waals surface area (Å²) in [7, 11) is -3.78. The van der Waals surface area contributed by atoms with Crippen LogP contribution in [0.1, 0.15) is 19.4 Å². The molecule has 0 unspecified atom stereocenters. The van der Waals surface area contributed by atoms with Crippen LogP contribution in [0.2, 0.25) is 38.3 Å². The molecule has 54 heavy (non-hydrogen) atoms. The Hall–Kier alpha value is -4.72. The Morgan fingerprint density at radius 2 is 1.33 bits per heavy atom. The van der Waals surface area contributed by atoms with Crippen molar-refractivity contribution in [3.63, 3.8) is 0 Å². The van der Waals surface area contributed by atoms with Crippen molar-refractivity contribution >= 4 is 48.5 Å². The first-order valence-electron chi connectivity index (χ1n) is 21.0. The van der Waals surface area contributed by atoms with E-state index >= 15 is 0 Å². The molecular weight excluding hydrogens is 869 g/mol. The first-order valence-corrected chi connectivity index (χ1v) is 24.4. The van der Waals surface area contributed by atoms with Gasteiger partial charge in [0.2, 0.25) is 0 Å². The van der Waals surface area contributed by atoms with Gasteiger partial charge in [-0.25, -0.2) is 0 Å². The molecular formula is C48H44IrN2OSi2-2. The zero-order chi connectivity index (χ0) is 41.7. The van der Waals surface area contributed by atoms with E-state index in [1.807, 2.05) is 115 Å². The normalized spacial score (nSPS) is 16.2. The van der Waals surface area contributed by atoms with Crippen molar-refractivity contribution in [2.75, 3.05) is 0 Å². The molecule has 0 amide bonds. The summed E-state index contributed by atoms with van der Waals surface area (Å²) in [6, 6.07) is 48.0. The first-order chi connectivity index (χ1) is 28.0. The van der Waals surface area contributed by atoms with E-state index in [-0.39, 0.29) is 31.2 Å². The average Bonchev–Trinajstić information content (AvgIpc) is 3.62. The molecule has 1 aliphatic rings. The summed E-state index contributed by atoms with van der Waals surface area (Å²) in [5, 5.41) is 4.30. The number of pyridine rings is 2. The molecule has 0 bridgehead atoms. The van der Waals surface area contributed by atoms with Crippen LogP contribution in [0, 0.1) is 25.8 Å². The molecule has 0 N–H and O–H groups in total. The van der Waals surface area contributed by atoms with Gasteiger partial charge in [0.1, 0.15) is 5.58 Å². The van der Waals surface area contributed by atoms with Crippen molar-refractivity contribution in [2.24, 2.45) is 0 Å². The van der Waals surface area contributed by atoms with E-state index in [0.29, 0.717) is 28.0 Å². The van der Waals surface area contributed by atoms with Gasteiger partial charge < -0.3 is 14.4 Å². The predicted molar refractivity (Wildman–Crippen MR) is 228 cm³/mol. The second kappa shape index (κ2) is 15.2. The number of furan rings is 1. The summed E-state index contributed by atoms with van der Waals surface area (Å²) in [6.07, 6.45) is 3.17. The van der Waals surface area contributed by atoms with E-state index in [9.17, 15) is 0 Å². The van der Waals surface area contributed by atoms with Gasteiger partial charge in [0, 0.05) is 51.7 Å². The van der Waals surface area contributed by atoms with Gasteiger partial charge in [-0.2, -0.15) is 0 Å². The maximum Gasteiger partial charge on any atom is 0.128 e. The van der Waals surface area contributed by atoms with E-state index in [2.05, 4.69) is 48.3 Å². The van der Waals surface area contributed by atoms with E-state index < -0.39 is 29.9 Å². The number of hydrogen-bond donors (Lipinski definition) is 0. The topological polar surface area (TPSA) is 38.9 Å². The van der Waals surface area contributed by atoms with Gasteiger partial charge in [-0.3, -0.25) is 0 Å². The molecule has 0 saturated heterocycles. The van der Waals surface area contributed by atoms with Crippen molar-refractivity contribution in [2.45, 2.75) is 52.0 Å². The van der Waals surface area contributed by atoms with Crippen LogP contribution in [0.5, 0.6) is 0 Å². The first kappa shape index (κ1) is 30.6. The quantitative estimate of drug-likeness (QED) is 0.130. The molecule has 1 aliphatic heterocycles. The number of rotatable bonds is 4. The SMILES string of the molecule is [2H]C([2H])([2H])c1cnc(-c2[c-]ccc3c2oc2c(-c4ccccc4)cccc23)cc1-c1cc2c(cc1C([2H])([2H])[2H])[Si](C)(C)CC[Si]2(C)C.[Ir].[c-]1ccccc1-c1ccccn1. The molecule has 0 fully saturated rings. The van der Waals surface area contributed by atoms with Crippen LogP contribution in [0.4, 0.5) is 0 Å². The smallest absolute Gasteiger partial charge is 0.128 e. The van der Waals surface area contributed by atoms with Gasteiger partial charge in [-0.15, -0.1) is 54.1 Å². The molecule has 0 atom stereocenters. The third-order valence-corrected chi connectivity index (χ3v) is 18.1. The number of fused-ring (bicyclic) bond motifs is 4. The van der Waals surface area contributed by atoms with E-state index in [1.54, 1.807) is 12.3 Å². The monoisotopic (exact) mass is 919 g/mol. The minimum Gasteiger partial charge on any atom is -0.500 e. The van der Waals surface area contributed by atoms with Crippen LogP contribution in [0.25, 0.3) is 66.7 Å². The molecule has 6 heteroatoms. The molecule has 5 aromatic carbocycles. The van der Waals surface area contributed by atoms with Crippen LogP contribution in [-0.4, -0.2) is 26.1 Å². The summed E-state index contributed by atoms with van der Waals surface area (Å²) in [5.41, 5.74) is 7.45. The average molecular weight is 919 g/mol. The fraction of sp³-hybridized carbons (Fsp3) is 0.167. The Kier molecular flexibility index (Phi) is 8.61. The van der Waals surface area contributed by atoms with Gasteiger partial charge in [-0.05, 0) is 59.0 Å². The zero-order valence-corrected chi connectivity index (χ0v) is 35.1. The fourth-order valence-electron chi connectivity index (χ4n) is 7.53. The second-order valence-corrected chi connectivity index (χ2v) is 24.7. The van der Waals surface area contributed by atoms with Crippen LogP contribution < -0.4 is 10.4 Å². The molecule has 4 heterocycles. The third kappa shape index (κ3) is 7.12. The second-order valence-electron chi connectivity index (χ2n) is 15.1. The minimum atomic E-state index is -2.51. The Balaban J connectivity index is 0.000000359. The number of hydrogen-bond acceptors (Lipinski definition) is 3. The van der Waals surface area contributed by atoms with Crippen molar-refractivity contribution in [1.29, 1.82) is 0 Å². The van der Waals surface area contributed by atoms with Gasteiger partial charge in [0.05, 0.1) is 21.7 Å². The molecule has 0 aliphatic carbocycles. The van der Waals surface area contributed by atoms with E-state index in [1.165, 1.54) is 16.6 Å². The van der Waals surface area contributed by atoms with Gasteiger partial charge in [-0.1, -0.05) is 138 Å². The summed E-state index contributed by atoms with van der Waals surface area (Å²) < 4.78 is 57.7. The summed E-state index contributed by atoms with van der Waals surface area (Å²) in [5.74, 6) is 0. The molecule has 0 saturated carbocycles. The van der Waals surface area contributed by atoms with E-state index in [4.69, 9.17) is 12.6 Å². The number of benzene rings is 5. The molecule has 3 aromatic heterocycles. The minimum absolute atomic E-state index is 0.